The summed E-state index contributed by atoms with van der Waals surface area (Å²) in [5.74, 6) is -5.00. The summed E-state index contributed by atoms with van der Waals surface area (Å²) < 4.78 is 11.0. The molecule has 3 aromatic rings. The maximum atomic E-state index is 13.1. The van der Waals surface area contributed by atoms with E-state index in [1.54, 1.807) is 24.3 Å². The van der Waals surface area contributed by atoms with Crippen LogP contribution in [-0.2, 0) is 19.1 Å². The zero-order chi connectivity index (χ0) is 25.5. The van der Waals surface area contributed by atoms with Crippen LogP contribution in [0.1, 0.15) is 20.7 Å². The number of carboxylic acid groups (broad SMARTS) is 1. The Balaban J connectivity index is 1.93. The molecule has 0 bridgehead atoms. The Morgan fingerprint density at radius 3 is 1.66 bits per heavy atom. The minimum atomic E-state index is -2.21. The molecule has 1 amide bonds. The summed E-state index contributed by atoms with van der Waals surface area (Å²) >= 11 is 15.3. The highest BCUT2D eigenvalue weighted by Crippen LogP contribution is 2.22. The molecule has 180 valence electrons. The van der Waals surface area contributed by atoms with Crippen molar-refractivity contribution in [2.24, 2.45) is 0 Å². The van der Waals surface area contributed by atoms with Crippen LogP contribution in [0.3, 0.4) is 0 Å². The van der Waals surface area contributed by atoms with Gasteiger partial charge in [-0.2, -0.15) is 0 Å². The first kappa shape index (κ1) is 26.2. The number of hydrogen-bond acceptors (Lipinski definition) is 6. The van der Waals surface area contributed by atoms with Gasteiger partial charge in [0.2, 0.25) is 12.2 Å². The minimum Gasteiger partial charge on any atom is -0.478 e. The molecule has 0 unspecified atom stereocenters. The Hall–Kier alpha value is -3.40. The van der Waals surface area contributed by atoms with E-state index in [9.17, 15) is 24.3 Å². The van der Waals surface area contributed by atoms with Gasteiger partial charge in [-0.1, -0.05) is 63.4 Å². The Labute approximate surface area is 217 Å². The Morgan fingerprint density at radius 2 is 1.20 bits per heavy atom. The fourth-order valence-corrected chi connectivity index (χ4v) is 3.54. The molecule has 3 rings (SSSR count). The summed E-state index contributed by atoms with van der Waals surface area (Å²) in [5.41, 5.74) is 0.0284. The molecule has 0 saturated carbocycles. The van der Waals surface area contributed by atoms with Gasteiger partial charge in [-0.25, -0.2) is 14.4 Å². The second-order valence-electron chi connectivity index (χ2n) is 6.95. The van der Waals surface area contributed by atoms with Crippen LogP contribution in [0.15, 0.2) is 77.3 Å². The van der Waals surface area contributed by atoms with E-state index in [1.165, 1.54) is 48.5 Å². The number of ether oxygens (including phenoxy) is 2. The van der Waals surface area contributed by atoms with Crippen LogP contribution < -0.4 is 5.32 Å². The molecule has 2 atom stereocenters. The summed E-state index contributed by atoms with van der Waals surface area (Å²) in [6.45, 7) is 0. The first-order valence-corrected chi connectivity index (χ1v) is 11.4. The third-order valence-electron chi connectivity index (χ3n) is 4.54. The average Bonchev–Trinajstić information content (AvgIpc) is 2.82. The van der Waals surface area contributed by atoms with Gasteiger partial charge in [0.25, 0.3) is 5.91 Å². The summed E-state index contributed by atoms with van der Waals surface area (Å²) in [7, 11) is 0. The number of amides is 1. The van der Waals surface area contributed by atoms with Crippen LogP contribution in [0.2, 0.25) is 10.0 Å². The Morgan fingerprint density at radius 1 is 0.743 bits per heavy atom. The first-order valence-electron chi connectivity index (χ1n) is 9.87. The summed E-state index contributed by atoms with van der Waals surface area (Å²) in [6, 6.07) is 17.9. The van der Waals surface area contributed by atoms with Gasteiger partial charge >= 0.3 is 17.9 Å². The normalized spacial score (nSPS) is 12.2. The van der Waals surface area contributed by atoms with Crippen molar-refractivity contribution in [3.8, 4) is 0 Å². The van der Waals surface area contributed by atoms with Crippen molar-refractivity contribution < 1.29 is 33.8 Å². The van der Waals surface area contributed by atoms with E-state index in [1.807, 2.05) is 0 Å². The van der Waals surface area contributed by atoms with Gasteiger partial charge in [0.15, 0.2) is 0 Å². The lowest BCUT2D eigenvalue weighted by molar-refractivity contribution is -0.157. The topological polar surface area (TPSA) is 119 Å². The standard InChI is InChI=1S/C24H16BrCl2NO7/c25-13-9-11-14(12-10-13)28-21(29)19(34-23(32)15-5-1-3-7-17(15)26)20(22(30)31)35-24(33)16-6-2-4-8-18(16)27/h1-12,19-20H,(H,28,29)(H,30,31)/t19-,20-/m0/s1. The highest BCUT2D eigenvalue weighted by atomic mass is 79.9. The molecule has 8 nitrogen and oxygen atoms in total. The van der Waals surface area contributed by atoms with Crippen LogP contribution in [0.4, 0.5) is 5.69 Å². The molecular weight excluding hydrogens is 565 g/mol. The zero-order valence-electron chi connectivity index (χ0n) is 17.6. The largest absolute Gasteiger partial charge is 0.478 e. The minimum absolute atomic E-state index is 0.00515. The molecule has 0 aliphatic carbocycles. The molecule has 0 spiro atoms. The number of aliphatic carboxylic acids is 1. The Bertz CT molecular complexity index is 1270. The number of carboxylic acids is 1. The lowest BCUT2D eigenvalue weighted by Gasteiger charge is -2.24. The van der Waals surface area contributed by atoms with Crippen molar-refractivity contribution in [1.82, 2.24) is 0 Å². The third-order valence-corrected chi connectivity index (χ3v) is 5.73. The van der Waals surface area contributed by atoms with Crippen molar-refractivity contribution in [2.45, 2.75) is 12.2 Å². The van der Waals surface area contributed by atoms with Crippen molar-refractivity contribution >= 4 is 68.6 Å². The number of nitrogens with one attached hydrogen (secondary N) is 1. The third kappa shape index (κ3) is 6.82. The zero-order valence-corrected chi connectivity index (χ0v) is 20.7. The van der Waals surface area contributed by atoms with Crippen molar-refractivity contribution in [3.63, 3.8) is 0 Å². The SMILES string of the molecule is O=C(O[C@H](C(=O)O)[C@H](OC(=O)c1ccccc1Cl)C(=O)Nc1ccc(Br)cc1)c1ccccc1Cl. The number of hydrogen-bond donors (Lipinski definition) is 2. The van der Waals surface area contributed by atoms with E-state index in [2.05, 4.69) is 21.2 Å². The average molecular weight is 581 g/mol. The van der Waals surface area contributed by atoms with Crippen molar-refractivity contribution in [2.75, 3.05) is 5.32 Å². The van der Waals surface area contributed by atoms with Gasteiger partial charge in [0, 0.05) is 10.2 Å². The van der Waals surface area contributed by atoms with Gasteiger partial charge < -0.3 is 19.9 Å². The fraction of sp³-hybridized carbons (Fsp3) is 0.0833. The van der Waals surface area contributed by atoms with Gasteiger partial charge in [0.05, 0.1) is 21.2 Å². The molecule has 0 aromatic heterocycles. The molecule has 0 fully saturated rings. The van der Waals surface area contributed by atoms with Crippen LogP contribution >= 0.6 is 39.1 Å². The van der Waals surface area contributed by atoms with Crippen LogP contribution in [-0.4, -0.2) is 41.1 Å². The molecule has 35 heavy (non-hydrogen) atoms. The van der Waals surface area contributed by atoms with E-state index in [0.717, 1.165) is 4.47 Å². The maximum Gasteiger partial charge on any atom is 0.349 e. The number of esters is 2. The van der Waals surface area contributed by atoms with Gasteiger partial charge in [-0.05, 0) is 48.5 Å². The molecule has 11 heteroatoms. The van der Waals surface area contributed by atoms with Gasteiger partial charge in [0.1, 0.15) is 0 Å². The van der Waals surface area contributed by atoms with Crippen LogP contribution in [0.5, 0.6) is 0 Å². The van der Waals surface area contributed by atoms with E-state index in [4.69, 9.17) is 32.7 Å². The smallest absolute Gasteiger partial charge is 0.349 e. The molecule has 0 saturated heterocycles. The molecule has 2 N–H and O–H groups in total. The van der Waals surface area contributed by atoms with Gasteiger partial charge in [-0.3, -0.25) is 4.79 Å². The highest BCUT2D eigenvalue weighted by Gasteiger charge is 2.41. The first-order chi connectivity index (χ1) is 16.7. The van der Waals surface area contributed by atoms with E-state index < -0.39 is 36.0 Å². The lowest BCUT2D eigenvalue weighted by atomic mass is 10.1. The molecule has 0 heterocycles. The molecule has 0 radical (unpaired) electrons. The fourth-order valence-electron chi connectivity index (χ4n) is 2.85. The van der Waals surface area contributed by atoms with Gasteiger partial charge in [-0.15, -0.1) is 0 Å². The van der Waals surface area contributed by atoms with Crippen LogP contribution in [0.25, 0.3) is 0 Å². The number of benzene rings is 3. The van der Waals surface area contributed by atoms with Crippen molar-refractivity contribution in [1.29, 1.82) is 0 Å². The summed E-state index contributed by atoms with van der Waals surface area (Å²) in [4.78, 5) is 50.5. The second kappa shape index (κ2) is 11.8. The maximum absolute atomic E-state index is 13.1. The monoisotopic (exact) mass is 579 g/mol. The Kier molecular flexibility index (Phi) is 8.86. The predicted octanol–water partition coefficient (Wildman–Crippen LogP) is 5.23. The van der Waals surface area contributed by atoms with Crippen LogP contribution in [0, 0.1) is 0 Å². The van der Waals surface area contributed by atoms with Crippen molar-refractivity contribution in [3.05, 3.63) is 98.4 Å². The molecule has 0 aliphatic rings. The van der Waals surface area contributed by atoms with E-state index >= 15 is 0 Å². The molecule has 0 aliphatic heterocycles. The second-order valence-corrected chi connectivity index (χ2v) is 8.68. The summed E-state index contributed by atoms with van der Waals surface area (Å²) in [5, 5.41) is 12.3. The number of halogens is 3. The number of anilines is 1. The highest BCUT2D eigenvalue weighted by molar-refractivity contribution is 9.10. The molecular formula is C24H16BrCl2NO7. The number of carbonyl (C=O) groups is 4. The molecule has 3 aromatic carbocycles. The van der Waals surface area contributed by atoms with E-state index in [0.29, 0.717) is 0 Å². The number of carbonyl (C=O) groups excluding carboxylic acids is 3. The predicted molar refractivity (Wildman–Crippen MR) is 132 cm³/mol. The quantitative estimate of drug-likeness (QED) is 0.350. The summed E-state index contributed by atoms with van der Waals surface area (Å²) in [6.07, 6.45) is -4.29. The van der Waals surface area contributed by atoms with E-state index in [-0.39, 0.29) is 26.9 Å². The lowest BCUT2D eigenvalue weighted by Crippen LogP contribution is -2.48. The number of rotatable bonds is 8.